The number of carboxylic acids is 1. The van der Waals surface area contributed by atoms with Gasteiger partial charge in [0.2, 0.25) is 0 Å². The van der Waals surface area contributed by atoms with Crippen LogP contribution in [0, 0.1) is 13.8 Å². The number of aromatic nitrogens is 1. The van der Waals surface area contributed by atoms with E-state index in [2.05, 4.69) is 23.7 Å². The largest absolute Gasteiger partial charge is 0.480 e. The Labute approximate surface area is 142 Å². The summed E-state index contributed by atoms with van der Waals surface area (Å²) in [5.41, 5.74) is 3.24. The summed E-state index contributed by atoms with van der Waals surface area (Å²) in [6, 6.07) is 10.4. The number of carboxylic acid groups (broad SMARTS) is 1. The minimum atomic E-state index is -1.04. The molecule has 1 aromatic heterocycles. The first-order chi connectivity index (χ1) is 11.3. The van der Waals surface area contributed by atoms with E-state index in [4.69, 9.17) is 0 Å². The maximum atomic E-state index is 12.6. The number of carbonyl (C=O) groups is 2. The van der Waals surface area contributed by atoms with Gasteiger partial charge in [-0.15, -0.1) is 0 Å². The van der Waals surface area contributed by atoms with E-state index < -0.39 is 12.0 Å². The zero-order chi connectivity index (χ0) is 17.9. The molecule has 0 bridgehead atoms. The number of hydrogen-bond donors (Lipinski definition) is 2. The summed E-state index contributed by atoms with van der Waals surface area (Å²) in [6.07, 6.45) is 0.255. The Balaban J connectivity index is 2.20. The van der Waals surface area contributed by atoms with E-state index in [1.165, 1.54) is 0 Å². The Morgan fingerprint density at radius 3 is 2.29 bits per heavy atom. The highest BCUT2D eigenvalue weighted by Gasteiger charge is 2.24. The minimum absolute atomic E-state index is 0.242. The number of hydrogen-bond acceptors (Lipinski definition) is 2. The van der Waals surface area contributed by atoms with Gasteiger partial charge in [-0.25, -0.2) is 4.79 Å². The minimum Gasteiger partial charge on any atom is -0.480 e. The highest BCUT2D eigenvalue weighted by Crippen LogP contribution is 2.20. The fraction of sp³-hybridized carbons (Fsp3) is 0.368. The van der Waals surface area contributed by atoms with Crippen molar-refractivity contribution in [2.24, 2.45) is 0 Å². The second-order valence-corrected chi connectivity index (χ2v) is 6.30. The van der Waals surface area contributed by atoms with Gasteiger partial charge in [-0.2, -0.15) is 0 Å². The van der Waals surface area contributed by atoms with Gasteiger partial charge in [-0.1, -0.05) is 30.3 Å². The molecule has 5 nitrogen and oxygen atoms in total. The van der Waals surface area contributed by atoms with Crippen LogP contribution in [0.15, 0.2) is 36.4 Å². The molecule has 2 aromatic rings. The number of amides is 1. The monoisotopic (exact) mass is 328 g/mol. The fourth-order valence-electron chi connectivity index (χ4n) is 3.09. The molecule has 1 heterocycles. The smallest absolute Gasteiger partial charge is 0.326 e. The molecule has 2 N–H and O–H groups in total. The summed E-state index contributed by atoms with van der Waals surface area (Å²) in [5, 5.41) is 12.1. The number of benzene rings is 1. The number of aryl methyl sites for hydroxylation is 1. The topological polar surface area (TPSA) is 71.3 Å². The maximum Gasteiger partial charge on any atom is 0.326 e. The zero-order valence-electron chi connectivity index (χ0n) is 14.5. The molecule has 0 aliphatic rings. The van der Waals surface area contributed by atoms with E-state index in [9.17, 15) is 14.7 Å². The molecule has 1 atom stereocenters. The first kappa shape index (κ1) is 17.8. The van der Waals surface area contributed by atoms with Crippen LogP contribution < -0.4 is 5.32 Å². The molecule has 5 heteroatoms. The standard InChI is InChI=1S/C19H24N2O3/c1-12(2)21-13(3)10-16(14(21)4)18(22)20-17(19(23)24)11-15-8-6-5-7-9-15/h5-10,12,17H,11H2,1-4H3,(H,20,22)(H,23,24). The van der Waals surface area contributed by atoms with Crippen LogP contribution in [0.2, 0.25) is 0 Å². The Kier molecular flexibility index (Phi) is 5.44. The van der Waals surface area contributed by atoms with E-state index in [1.807, 2.05) is 50.2 Å². The number of nitrogens with one attached hydrogen (secondary N) is 1. The van der Waals surface area contributed by atoms with Crippen molar-refractivity contribution in [2.45, 2.75) is 46.2 Å². The fourth-order valence-corrected chi connectivity index (χ4v) is 3.09. The predicted octanol–water partition coefficient (Wildman–Crippen LogP) is 3.11. The van der Waals surface area contributed by atoms with Gasteiger partial charge in [0.15, 0.2) is 0 Å². The molecule has 0 aliphatic carbocycles. The third kappa shape index (κ3) is 3.85. The third-order valence-electron chi connectivity index (χ3n) is 4.13. The maximum absolute atomic E-state index is 12.6. The van der Waals surface area contributed by atoms with Gasteiger partial charge < -0.3 is 15.0 Å². The van der Waals surface area contributed by atoms with Crippen molar-refractivity contribution in [3.8, 4) is 0 Å². The Hall–Kier alpha value is -2.56. The highest BCUT2D eigenvalue weighted by molar-refractivity contribution is 5.98. The molecule has 0 spiro atoms. The van der Waals surface area contributed by atoms with Crippen LogP contribution in [0.25, 0.3) is 0 Å². The van der Waals surface area contributed by atoms with E-state index >= 15 is 0 Å². The number of nitrogens with zero attached hydrogens (tertiary/aromatic N) is 1. The first-order valence-electron chi connectivity index (χ1n) is 8.07. The van der Waals surface area contributed by atoms with Gasteiger partial charge in [0, 0.05) is 23.9 Å². The van der Waals surface area contributed by atoms with Crippen LogP contribution in [0.1, 0.15) is 47.2 Å². The molecule has 1 unspecified atom stereocenters. The molecule has 0 radical (unpaired) electrons. The summed E-state index contributed by atoms with van der Waals surface area (Å²) in [5.74, 6) is -1.39. The quantitative estimate of drug-likeness (QED) is 0.856. The van der Waals surface area contributed by atoms with Gasteiger partial charge in [0.1, 0.15) is 6.04 Å². The average molecular weight is 328 g/mol. The second kappa shape index (κ2) is 7.34. The van der Waals surface area contributed by atoms with Crippen molar-refractivity contribution >= 4 is 11.9 Å². The SMILES string of the molecule is Cc1cc(C(=O)NC(Cc2ccccc2)C(=O)O)c(C)n1C(C)C. The molecule has 24 heavy (non-hydrogen) atoms. The van der Waals surface area contributed by atoms with E-state index in [0.29, 0.717) is 5.56 Å². The van der Waals surface area contributed by atoms with Crippen molar-refractivity contribution in [1.82, 2.24) is 9.88 Å². The molecular weight excluding hydrogens is 304 g/mol. The van der Waals surface area contributed by atoms with Gasteiger partial charge in [-0.05, 0) is 39.3 Å². The molecule has 1 aromatic carbocycles. The zero-order valence-corrected chi connectivity index (χ0v) is 14.5. The average Bonchev–Trinajstić information content (AvgIpc) is 2.82. The number of carbonyl (C=O) groups excluding carboxylic acids is 1. The first-order valence-corrected chi connectivity index (χ1v) is 8.07. The van der Waals surface area contributed by atoms with Crippen LogP contribution >= 0.6 is 0 Å². The van der Waals surface area contributed by atoms with E-state index in [1.54, 1.807) is 0 Å². The van der Waals surface area contributed by atoms with Crippen molar-refractivity contribution in [3.05, 3.63) is 58.9 Å². The lowest BCUT2D eigenvalue weighted by molar-refractivity contribution is -0.139. The van der Waals surface area contributed by atoms with Crippen LogP contribution in [0.5, 0.6) is 0 Å². The lowest BCUT2D eigenvalue weighted by Gasteiger charge is -2.16. The molecule has 0 fully saturated rings. The van der Waals surface area contributed by atoms with Crippen LogP contribution in [-0.4, -0.2) is 27.6 Å². The lowest BCUT2D eigenvalue weighted by atomic mass is 10.1. The predicted molar refractivity (Wildman–Crippen MR) is 93.3 cm³/mol. The molecule has 0 aliphatic heterocycles. The van der Waals surface area contributed by atoms with Crippen molar-refractivity contribution in [1.29, 1.82) is 0 Å². The van der Waals surface area contributed by atoms with Crippen LogP contribution in [0.3, 0.4) is 0 Å². The van der Waals surface area contributed by atoms with Crippen molar-refractivity contribution < 1.29 is 14.7 Å². The van der Waals surface area contributed by atoms with Crippen molar-refractivity contribution in [2.75, 3.05) is 0 Å². The van der Waals surface area contributed by atoms with Gasteiger partial charge >= 0.3 is 5.97 Å². The van der Waals surface area contributed by atoms with Crippen LogP contribution in [0.4, 0.5) is 0 Å². The summed E-state index contributed by atoms with van der Waals surface area (Å²) in [7, 11) is 0. The summed E-state index contributed by atoms with van der Waals surface area (Å²) in [4.78, 5) is 24.1. The third-order valence-corrected chi connectivity index (χ3v) is 4.13. The second-order valence-electron chi connectivity index (χ2n) is 6.30. The Morgan fingerprint density at radius 2 is 1.79 bits per heavy atom. The summed E-state index contributed by atoms with van der Waals surface area (Å²) >= 11 is 0. The molecule has 128 valence electrons. The molecular formula is C19H24N2O3. The Morgan fingerprint density at radius 1 is 1.17 bits per heavy atom. The van der Waals surface area contributed by atoms with Gasteiger partial charge in [0.25, 0.3) is 5.91 Å². The summed E-state index contributed by atoms with van der Waals surface area (Å²) < 4.78 is 2.07. The normalized spacial score (nSPS) is 12.2. The number of rotatable bonds is 6. The summed E-state index contributed by atoms with van der Waals surface area (Å²) in [6.45, 7) is 7.94. The van der Waals surface area contributed by atoms with Gasteiger partial charge in [-0.3, -0.25) is 4.79 Å². The van der Waals surface area contributed by atoms with E-state index in [-0.39, 0.29) is 18.4 Å². The van der Waals surface area contributed by atoms with Crippen molar-refractivity contribution in [3.63, 3.8) is 0 Å². The molecule has 0 saturated heterocycles. The van der Waals surface area contributed by atoms with Gasteiger partial charge in [0.05, 0.1) is 5.56 Å². The lowest BCUT2D eigenvalue weighted by Crippen LogP contribution is -2.42. The van der Waals surface area contributed by atoms with Crippen LogP contribution in [-0.2, 0) is 11.2 Å². The number of aliphatic carboxylic acids is 1. The molecule has 2 rings (SSSR count). The highest BCUT2D eigenvalue weighted by atomic mass is 16.4. The Bertz CT molecular complexity index is 733. The van der Waals surface area contributed by atoms with E-state index in [0.717, 1.165) is 17.0 Å². The molecule has 1 amide bonds. The molecule has 0 saturated carbocycles.